The first-order valence-electron chi connectivity index (χ1n) is 10.6. The molecule has 4 rings (SSSR count). The lowest BCUT2D eigenvalue weighted by atomic mass is 9.72. The molecule has 0 fully saturated rings. The number of aryl methyl sites for hydroxylation is 1. The average Bonchev–Trinajstić information content (AvgIpc) is 3.02. The molecule has 1 aliphatic rings. The van der Waals surface area contributed by atoms with E-state index in [0.717, 1.165) is 47.5 Å². The zero-order chi connectivity index (χ0) is 21.6. The molecule has 6 heteroatoms. The van der Waals surface area contributed by atoms with Gasteiger partial charge in [0.25, 0.3) is 5.56 Å². The van der Waals surface area contributed by atoms with Crippen molar-refractivity contribution in [1.29, 1.82) is 0 Å². The Morgan fingerprint density at radius 3 is 2.73 bits per heavy atom. The van der Waals surface area contributed by atoms with Gasteiger partial charge in [-0.15, -0.1) is 5.10 Å². The number of benzene rings is 1. The normalized spacial score (nSPS) is 14.7. The summed E-state index contributed by atoms with van der Waals surface area (Å²) in [4.78, 5) is 18.9. The van der Waals surface area contributed by atoms with Crippen LogP contribution in [0.3, 0.4) is 0 Å². The van der Waals surface area contributed by atoms with E-state index in [2.05, 4.69) is 52.5 Å². The Labute approximate surface area is 182 Å². The number of hydrogen-bond acceptors (Lipinski definition) is 4. The largest absolute Gasteiger partial charge is 0.268 e. The van der Waals surface area contributed by atoms with Crippen molar-refractivity contribution in [3.63, 3.8) is 0 Å². The van der Waals surface area contributed by atoms with E-state index < -0.39 is 0 Å². The SMILES string of the molecule is C=C(C)CSc1nn(CCC(C)C)c2nc3c(c(=O)n12)C(C)(C)Cc1ccccc1-3. The summed E-state index contributed by atoms with van der Waals surface area (Å²) in [5, 5.41) is 5.51. The summed E-state index contributed by atoms with van der Waals surface area (Å²) in [5.74, 6) is 1.91. The highest BCUT2D eigenvalue weighted by molar-refractivity contribution is 7.99. The number of thioether (sulfide) groups is 1. The minimum absolute atomic E-state index is 0.00881. The summed E-state index contributed by atoms with van der Waals surface area (Å²) in [6.07, 6.45) is 1.81. The van der Waals surface area contributed by atoms with Crippen LogP contribution in [0, 0.1) is 5.92 Å². The molecule has 158 valence electrons. The van der Waals surface area contributed by atoms with E-state index in [-0.39, 0.29) is 11.0 Å². The number of rotatable bonds is 6. The third-order valence-corrected chi connectivity index (χ3v) is 6.80. The number of nitrogens with zero attached hydrogens (tertiary/aromatic N) is 4. The molecule has 2 heterocycles. The molecule has 0 radical (unpaired) electrons. The van der Waals surface area contributed by atoms with E-state index in [1.54, 1.807) is 16.2 Å². The van der Waals surface area contributed by atoms with E-state index in [1.165, 1.54) is 5.56 Å². The molecule has 0 saturated carbocycles. The fourth-order valence-electron chi connectivity index (χ4n) is 4.13. The van der Waals surface area contributed by atoms with Crippen LogP contribution in [0.25, 0.3) is 17.0 Å². The van der Waals surface area contributed by atoms with Crippen molar-refractivity contribution in [3.05, 3.63) is 57.9 Å². The van der Waals surface area contributed by atoms with Crippen molar-refractivity contribution in [2.24, 2.45) is 5.92 Å². The summed E-state index contributed by atoms with van der Waals surface area (Å²) >= 11 is 1.56. The first kappa shape index (κ1) is 20.9. The molecule has 0 aliphatic heterocycles. The van der Waals surface area contributed by atoms with Gasteiger partial charge in [0, 0.05) is 23.3 Å². The van der Waals surface area contributed by atoms with Crippen molar-refractivity contribution in [3.8, 4) is 11.3 Å². The quantitative estimate of drug-likeness (QED) is 0.409. The molecule has 0 bridgehead atoms. The second kappa shape index (κ2) is 7.73. The van der Waals surface area contributed by atoms with Gasteiger partial charge >= 0.3 is 0 Å². The van der Waals surface area contributed by atoms with Gasteiger partial charge < -0.3 is 0 Å². The number of aromatic nitrogens is 4. The van der Waals surface area contributed by atoms with Gasteiger partial charge in [-0.25, -0.2) is 14.1 Å². The third kappa shape index (κ3) is 3.62. The maximum absolute atomic E-state index is 13.8. The molecule has 5 nitrogen and oxygen atoms in total. The fraction of sp³-hybridized carbons (Fsp3) is 0.458. The Morgan fingerprint density at radius 2 is 2.03 bits per heavy atom. The zero-order valence-corrected chi connectivity index (χ0v) is 19.3. The lowest BCUT2D eigenvalue weighted by molar-refractivity contribution is 0.488. The van der Waals surface area contributed by atoms with Gasteiger partial charge in [0.15, 0.2) is 5.16 Å². The Kier molecular flexibility index (Phi) is 5.39. The van der Waals surface area contributed by atoms with E-state index in [1.807, 2.05) is 17.7 Å². The van der Waals surface area contributed by atoms with Crippen LogP contribution in [-0.2, 0) is 18.4 Å². The van der Waals surface area contributed by atoms with Gasteiger partial charge in [0.1, 0.15) is 0 Å². The van der Waals surface area contributed by atoms with Crippen LogP contribution in [0.2, 0.25) is 0 Å². The van der Waals surface area contributed by atoms with Crippen LogP contribution in [0.1, 0.15) is 52.2 Å². The summed E-state index contributed by atoms with van der Waals surface area (Å²) in [6.45, 7) is 15.4. The van der Waals surface area contributed by atoms with Gasteiger partial charge in [0.2, 0.25) is 5.78 Å². The minimum atomic E-state index is -0.286. The van der Waals surface area contributed by atoms with Crippen molar-refractivity contribution >= 4 is 17.5 Å². The molecule has 1 aromatic carbocycles. The lowest BCUT2D eigenvalue weighted by Crippen LogP contribution is -2.36. The molecule has 0 N–H and O–H groups in total. The summed E-state index contributed by atoms with van der Waals surface area (Å²) < 4.78 is 3.63. The molecular formula is C24H30N4OS. The van der Waals surface area contributed by atoms with Crippen molar-refractivity contribution in [1.82, 2.24) is 19.2 Å². The van der Waals surface area contributed by atoms with Gasteiger partial charge in [-0.2, -0.15) is 0 Å². The highest BCUT2D eigenvalue weighted by atomic mass is 32.2. The topological polar surface area (TPSA) is 52.2 Å². The Bertz CT molecular complexity index is 1190. The van der Waals surface area contributed by atoms with Gasteiger partial charge in [-0.3, -0.25) is 4.79 Å². The molecule has 30 heavy (non-hydrogen) atoms. The molecule has 2 aromatic heterocycles. The maximum Gasteiger partial charge on any atom is 0.265 e. The van der Waals surface area contributed by atoms with Crippen LogP contribution in [0.15, 0.2) is 46.4 Å². The fourth-order valence-corrected chi connectivity index (χ4v) is 4.96. The van der Waals surface area contributed by atoms with Gasteiger partial charge in [-0.1, -0.05) is 75.9 Å². The standard InChI is InChI=1S/C24H30N4OS/c1-15(2)11-12-27-22-25-20-18-10-8-7-9-17(18)13-24(5,6)19(20)21(29)28(22)23(26-27)30-14-16(3)4/h7-10,15H,3,11-14H2,1-2,4-6H3. The van der Waals surface area contributed by atoms with E-state index >= 15 is 0 Å². The summed E-state index contributed by atoms with van der Waals surface area (Å²) in [6, 6.07) is 8.31. The van der Waals surface area contributed by atoms with E-state index in [0.29, 0.717) is 16.9 Å². The number of hydrogen-bond donors (Lipinski definition) is 0. The highest BCUT2D eigenvalue weighted by Gasteiger charge is 2.36. The third-order valence-electron chi connectivity index (χ3n) is 5.64. The van der Waals surface area contributed by atoms with Crippen molar-refractivity contribution in [2.75, 3.05) is 5.75 Å². The second-order valence-electron chi connectivity index (χ2n) is 9.43. The average molecular weight is 423 g/mol. The maximum atomic E-state index is 13.8. The Hall–Kier alpha value is -2.34. The van der Waals surface area contributed by atoms with Crippen LogP contribution >= 0.6 is 11.8 Å². The van der Waals surface area contributed by atoms with E-state index in [9.17, 15) is 4.79 Å². The molecule has 0 spiro atoms. The minimum Gasteiger partial charge on any atom is -0.268 e. The Morgan fingerprint density at radius 1 is 1.30 bits per heavy atom. The second-order valence-corrected chi connectivity index (χ2v) is 10.4. The van der Waals surface area contributed by atoms with Crippen molar-refractivity contribution < 1.29 is 0 Å². The highest BCUT2D eigenvalue weighted by Crippen LogP contribution is 2.40. The van der Waals surface area contributed by atoms with Gasteiger partial charge in [0.05, 0.1) is 11.3 Å². The molecular weight excluding hydrogens is 392 g/mol. The smallest absolute Gasteiger partial charge is 0.265 e. The lowest BCUT2D eigenvalue weighted by Gasteiger charge is -2.32. The van der Waals surface area contributed by atoms with Crippen LogP contribution in [-0.4, -0.2) is 24.9 Å². The molecule has 1 aliphatic carbocycles. The summed E-state index contributed by atoms with van der Waals surface area (Å²) in [7, 11) is 0. The molecule has 0 amide bonds. The van der Waals surface area contributed by atoms with Crippen LogP contribution in [0.5, 0.6) is 0 Å². The molecule has 0 unspecified atom stereocenters. The molecule has 0 atom stereocenters. The van der Waals surface area contributed by atoms with Crippen molar-refractivity contribution in [2.45, 2.75) is 64.6 Å². The Balaban J connectivity index is 2.00. The zero-order valence-electron chi connectivity index (χ0n) is 18.5. The van der Waals surface area contributed by atoms with Crippen LogP contribution in [0.4, 0.5) is 0 Å². The predicted octanol–water partition coefficient (Wildman–Crippen LogP) is 5.11. The van der Waals surface area contributed by atoms with Gasteiger partial charge in [-0.05, 0) is 31.2 Å². The monoisotopic (exact) mass is 422 g/mol. The van der Waals surface area contributed by atoms with Crippen LogP contribution < -0.4 is 5.56 Å². The number of fused-ring (bicyclic) bond motifs is 4. The van der Waals surface area contributed by atoms with E-state index in [4.69, 9.17) is 10.1 Å². The first-order valence-corrected chi connectivity index (χ1v) is 11.6. The summed E-state index contributed by atoms with van der Waals surface area (Å²) in [5.41, 5.74) is 4.70. The first-order chi connectivity index (χ1) is 14.2. The molecule has 0 saturated heterocycles. The molecule has 3 aromatic rings. The predicted molar refractivity (Wildman–Crippen MR) is 124 cm³/mol.